The van der Waals surface area contributed by atoms with E-state index in [0.717, 1.165) is 17.3 Å². The van der Waals surface area contributed by atoms with Gasteiger partial charge in [0.05, 0.1) is 24.1 Å². The highest BCUT2D eigenvalue weighted by atomic mass is 32.2. The number of thioether (sulfide) groups is 1. The van der Waals surface area contributed by atoms with Crippen LogP contribution in [-0.4, -0.2) is 47.3 Å². The molecule has 3 rings (SSSR count). The number of aromatic nitrogens is 2. The third kappa shape index (κ3) is 6.32. The number of hydrogen-bond acceptors (Lipinski definition) is 8. The molecule has 10 nitrogen and oxygen atoms in total. The lowest BCUT2D eigenvalue weighted by molar-refractivity contribution is -0.118. The first-order valence-electron chi connectivity index (χ1n) is 9.52. The van der Waals surface area contributed by atoms with Crippen molar-refractivity contribution in [1.29, 1.82) is 0 Å². The molecular formula is C21H21N5O5S. The van der Waals surface area contributed by atoms with Crippen molar-refractivity contribution in [3.05, 3.63) is 54.1 Å². The predicted octanol–water partition coefficient (Wildman–Crippen LogP) is 2.08. The molecule has 1 heterocycles. The van der Waals surface area contributed by atoms with Gasteiger partial charge in [-0.15, -0.1) is 10.2 Å². The van der Waals surface area contributed by atoms with Gasteiger partial charge in [-0.25, -0.2) is 0 Å². The van der Waals surface area contributed by atoms with Crippen LogP contribution in [0.15, 0.2) is 58.2 Å². The van der Waals surface area contributed by atoms with E-state index in [2.05, 4.69) is 20.8 Å². The fourth-order valence-corrected chi connectivity index (χ4v) is 3.18. The normalized spacial score (nSPS) is 10.4. The minimum absolute atomic E-state index is 0.00186. The molecule has 0 spiro atoms. The Morgan fingerprint density at radius 1 is 1.09 bits per heavy atom. The summed E-state index contributed by atoms with van der Waals surface area (Å²) in [5.74, 6) is -0.246. The Morgan fingerprint density at radius 3 is 2.56 bits per heavy atom. The fourth-order valence-electron chi connectivity index (χ4n) is 2.62. The third-order valence-corrected chi connectivity index (χ3v) is 4.99. The molecule has 0 saturated carbocycles. The van der Waals surface area contributed by atoms with Crippen molar-refractivity contribution in [2.24, 2.45) is 5.73 Å². The number of primary amides is 1. The lowest BCUT2D eigenvalue weighted by Gasteiger charge is -2.10. The molecular weight excluding hydrogens is 434 g/mol. The number of nitrogens with two attached hydrogens (primary N) is 1. The molecule has 0 unspecified atom stereocenters. The van der Waals surface area contributed by atoms with Gasteiger partial charge >= 0.3 is 0 Å². The van der Waals surface area contributed by atoms with Crippen LogP contribution in [0.4, 0.5) is 5.69 Å². The monoisotopic (exact) mass is 455 g/mol. The standard InChI is InChI=1S/C21H21N5O5S/c1-30-14-8-6-13(7-9-14)20-25-26-21(31-20)32-12-18(28)24-16-5-3-2-4-15(16)19(29)23-11-10-17(22)27/h2-9H,10-12H2,1H3,(H2,22,27)(H,23,29)(H,24,28). The van der Waals surface area contributed by atoms with E-state index >= 15 is 0 Å². The molecule has 0 fully saturated rings. The van der Waals surface area contributed by atoms with E-state index in [1.807, 2.05) is 0 Å². The molecule has 11 heteroatoms. The van der Waals surface area contributed by atoms with Gasteiger partial charge in [0.1, 0.15) is 5.75 Å². The number of ether oxygens (including phenoxy) is 1. The zero-order chi connectivity index (χ0) is 22.9. The summed E-state index contributed by atoms with van der Waals surface area (Å²) in [5.41, 5.74) is 6.42. The molecule has 3 aromatic rings. The number of para-hydroxylation sites is 1. The molecule has 166 valence electrons. The van der Waals surface area contributed by atoms with Gasteiger partial charge in [-0.2, -0.15) is 0 Å². The number of methoxy groups -OCH3 is 1. The first kappa shape index (κ1) is 22.8. The van der Waals surface area contributed by atoms with Gasteiger partial charge in [-0.3, -0.25) is 14.4 Å². The quantitative estimate of drug-likeness (QED) is 0.393. The fraction of sp³-hybridized carbons (Fsp3) is 0.190. The topological polar surface area (TPSA) is 149 Å². The molecule has 0 radical (unpaired) electrons. The van der Waals surface area contributed by atoms with Crippen molar-refractivity contribution < 1.29 is 23.5 Å². The van der Waals surface area contributed by atoms with E-state index in [4.69, 9.17) is 14.9 Å². The number of hydrogen-bond donors (Lipinski definition) is 3. The van der Waals surface area contributed by atoms with Gasteiger partial charge < -0.3 is 25.5 Å². The maximum atomic E-state index is 12.4. The minimum atomic E-state index is -0.514. The lowest BCUT2D eigenvalue weighted by Crippen LogP contribution is -2.29. The Labute approximate surface area is 187 Å². The van der Waals surface area contributed by atoms with Crippen LogP contribution in [0.25, 0.3) is 11.5 Å². The van der Waals surface area contributed by atoms with Crippen molar-refractivity contribution in [3.63, 3.8) is 0 Å². The van der Waals surface area contributed by atoms with Gasteiger partial charge in [-0.05, 0) is 36.4 Å². The summed E-state index contributed by atoms with van der Waals surface area (Å²) in [6.07, 6.45) is 0.0274. The summed E-state index contributed by atoms with van der Waals surface area (Å²) < 4.78 is 10.7. The van der Waals surface area contributed by atoms with E-state index in [0.29, 0.717) is 17.3 Å². The number of rotatable bonds is 10. The van der Waals surface area contributed by atoms with Gasteiger partial charge in [0.25, 0.3) is 11.1 Å². The molecule has 1 aromatic heterocycles. The average molecular weight is 455 g/mol. The van der Waals surface area contributed by atoms with Crippen LogP contribution in [0.2, 0.25) is 0 Å². The maximum absolute atomic E-state index is 12.4. The number of anilines is 1. The summed E-state index contributed by atoms with van der Waals surface area (Å²) in [6.45, 7) is 0.111. The molecule has 0 aliphatic carbocycles. The van der Waals surface area contributed by atoms with Crippen LogP contribution in [0.5, 0.6) is 5.75 Å². The SMILES string of the molecule is COc1ccc(-c2nnc(SCC(=O)Nc3ccccc3C(=O)NCCC(N)=O)o2)cc1. The van der Waals surface area contributed by atoms with Crippen LogP contribution in [0.3, 0.4) is 0 Å². The number of benzene rings is 2. The number of amides is 3. The molecule has 0 aliphatic heterocycles. The minimum Gasteiger partial charge on any atom is -0.497 e. The molecule has 0 aliphatic rings. The highest BCUT2D eigenvalue weighted by Crippen LogP contribution is 2.25. The van der Waals surface area contributed by atoms with Crippen LogP contribution in [-0.2, 0) is 9.59 Å². The number of nitrogens with one attached hydrogen (secondary N) is 2. The third-order valence-electron chi connectivity index (χ3n) is 4.17. The largest absolute Gasteiger partial charge is 0.497 e. The molecule has 0 atom stereocenters. The van der Waals surface area contributed by atoms with Crippen LogP contribution in [0, 0.1) is 0 Å². The molecule has 4 N–H and O–H groups in total. The maximum Gasteiger partial charge on any atom is 0.277 e. The molecule has 0 saturated heterocycles. The Hall–Kier alpha value is -3.86. The van der Waals surface area contributed by atoms with Gasteiger partial charge in [0.2, 0.25) is 17.7 Å². The van der Waals surface area contributed by atoms with Crippen molar-refractivity contribution >= 4 is 35.2 Å². The van der Waals surface area contributed by atoms with Gasteiger partial charge in [0, 0.05) is 18.5 Å². The Kier molecular flexibility index (Phi) is 7.81. The Balaban J connectivity index is 1.56. The average Bonchev–Trinajstić information content (AvgIpc) is 3.27. The van der Waals surface area contributed by atoms with Crippen molar-refractivity contribution in [2.45, 2.75) is 11.6 Å². The van der Waals surface area contributed by atoms with Gasteiger partial charge in [-0.1, -0.05) is 23.9 Å². The summed E-state index contributed by atoms with van der Waals surface area (Å²) in [5, 5.41) is 13.5. The van der Waals surface area contributed by atoms with Crippen molar-refractivity contribution in [1.82, 2.24) is 15.5 Å². The second kappa shape index (κ2) is 11.0. The highest BCUT2D eigenvalue weighted by Gasteiger charge is 2.15. The van der Waals surface area contributed by atoms with E-state index in [1.165, 1.54) is 0 Å². The Bertz CT molecular complexity index is 1100. The molecule has 3 amide bonds. The first-order chi connectivity index (χ1) is 15.5. The predicted molar refractivity (Wildman–Crippen MR) is 118 cm³/mol. The second-order valence-electron chi connectivity index (χ2n) is 6.46. The number of carbonyl (C=O) groups is 3. The molecule has 0 bridgehead atoms. The zero-order valence-electron chi connectivity index (χ0n) is 17.2. The van der Waals surface area contributed by atoms with Crippen molar-refractivity contribution in [3.8, 4) is 17.2 Å². The zero-order valence-corrected chi connectivity index (χ0v) is 18.0. The first-order valence-corrected chi connectivity index (χ1v) is 10.5. The molecule has 32 heavy (non-hydrogen) atoms. The van der Waals surface area contributed by atoms with E-state index in [-0.39, 0.29) is 35.4 Å². The summed E-state index contributed by atoms with van der Waals surface area (Å²) in [4.78, 5) is 35.5. The Morgan fingerprint density at radius 2 is 1.84 bits per heavy atom. The smallest absolute Gasteiger partial charge is 0.277 e. The van der Waals surface area contributed by atoms with E-state index < -0.39 is 11.8 Å². The van der Waals surface area contributed by atoms with Crippen LogP contribution < -0.4 is 21.1 Å². The van der Waals surface area contributed by atoms with Crippen molar-refractivity contribution in [2.75, 3.05) is 24.7 Å². The summed E-state index contributed by atoms with van der Waals surface area (Å²) in [7, 11) is 1.58. The summed E-state index contributed by atoms with van der Waals surface area (Å²) in [6, 6.07) is 13.7. The van der Waals surface area contributed by atoms with E-state index in [1.54, 1.807) is 55.6 Å². The number of carbonyl (C=O) groups excluding carboxylic acids is 3. The lowest BCUT2D eigenvalue weighted by atomic mass is 10.1. The number of nitrogens with zero attached hydrogens (tertiary/aromatic N) is 2. The van der Waals surface area contributed by atoms with E-state index in [9.17, 15) is 14.4 Å². The molecule has 2 aromatic carbocycles. The summed E-state index contributed by atoms with van der Waals surface area (Å²) >= 11 is 1.07. The van der Waals surface area contributed by atoms with Gasteiger partial charge in [0.15, 0.2) is 0 Å². The van der Waals surface area contributed by atoms with Crippen LogP contribution >= 0.6 is 11.8 Å². The highest BCUT2D eigenvalue weighted by molar-refractivity contribution is 7.99. The second-order valence-corrected chi connectivity index (χ2v) is 7.38. The van der Waals surface area contributed by atoms with Crippen LogP contribution in [0.1, 0.15) is 16.8 Å².